The molecule has 0 amide bonds. The maximum atomic E-state index is 12.1. The van der Waals surface area contributed by atoms with Crippen LogP contribution in [0.4, 0.5) is 0 Å². The Bertz CT molecular complexity index is 964. The Hall–Kier alpha value is -3.60. The molecule has 0 unspecified atom stereocenters. The molecule has 0 fully saturated rings. The quantitative estimate of drug-likeness (QED) is 0.292. The molecule has 0 spiro atoms. The number of benzene rings is 3. The number of hydrogen-bond donors (Lipinski definition) is 0. The fourth-order valence-corrected chi connectivity index (χ4v) is 2.84. The van der Waals surface area contributed by atoms with E-state index >= 15 is 0 Å². The van der Waals surface area contributed by atoms with Crippen molar-refractivity contribution in [1.82, 2.24) is 0 Å². The van der Waals surface area contributed by atoms with Crippen LogP contribution in [0.15, 0.2) is 78.9 Å². The zero-order valence-electron chi connectivity index (χ0n) is 16.9. The minimum absolute atomic E-state index is 0.200. The lowest BCUT2D eigenvalue weighted by atomic mass is 10.1. The van der Waals surface area contributed by atoms with Crippen LogP contribution in [0.3, 0.4) is 0 Å². The molecule has 3 aromatic rings. The fourth-order valence-electron chi connectivity index (χ4n) is 2.84. The minimum atomic E-state index is -0.521. The van der Waals surface area contributed by atoms with Crippen LogP contribution in [0.25, 0.3) is 0 Å². The zero-order chi connectivity index (χ0) is 21.2. The van der Waals surface area contributed by atoms with E-state index < -0.39 is 11.9 Å². The molecule has 3 rings (SSSR count). The van der Waals surface area contributed by atoms with Gasteiger partial charge < -0.3 is 14.2 Å². The highest BCUT2D eigenvalue weighted by Crippen LogP contribution is 2.15. The molecule has 0 aliphatic carbocycles. The predicted molar refractivity (Wildman–Crippen MR) is 114 cm³/mol. The van der Waals surface area contributed by atoms with Crippen molar-refractivity contribution in [3.8, 4) is 11.5 Å². The third kappa shape index (κ3) is 6.78. The highest BCUT2D eigenvalue weighted by atomic mass is 16.6. The van der Waals surface area contributed by atoms with Crippen LogP contribution in [0.5, 0.6) is 11.5 Å². The zero-order valence-corrected chi connectivity index (χ0v) is 16.9. The minimum Gasteiger partial charge on any atom is -0.482 e. The summed E-state index contributed by atoms with van der Waals surface area (Å²) in [7, 11) is 0. The van der Waals surface area contributed by atoms with Crippen LogP contribution in [0, 0.1) is 6.92 Å². The van der Waals surface area contributed by atoms with E-state index in [4.69, 9.17) is 14.2 Å². The normalized spacial score (nSPS) is 10.3. The van der Waals surface area contributed by atoms with Crippen molar-refractivity contribution >= 4 is 11.9 Å². The molecule has 0 bridgehead atoms. The second kappa shape index (κ2) is 10.8. The van der Waals surface area contributed by atoms with Crippen LogP contribution in [-0.4, -0.2) is 25.2 Å². The third-order valence-electron chi connectivity index (χ3n) is 4.35. The maximum Gasteiger partial charge on any atom is 0.349 e. The first-order valence-corrected chi connectivity index (χ1v) is 9.81. The van der Waals surface area contributed by atoms with Crippen molar-refractivity contribution < 1.29 is 23.8 Å². The van der Waals surface area contributed by atoms with Crippen molar-refractivity contribution in [2.45, 2.75) is 19.8 Å². The highest BCUT2D eigenvalue weighted by Gasteiger charge is 2.10. The lowest BCUT2D eigenvalue weighted by Gasteiger charge is -2.08. The van der Waals surface area contributed by atoms with Gasteiger partial charge in [-0.1, -0.05) is 42.5 Å². The Morgan fingerprint density at radius 1 is 0.833 bits per heavy atom. The second-order valence-corrected chi connectivity index (χ2v) is 6.83. The summed E-state index contributed by atoms with van der Waals surface area (Å²) in [6, 6.07) is 23.7. The molecule has 3 aromatic carbocycles. The summed E-state index contributed by atoms with van der Waals surface area (Å²) in [6.45, 7) is 2.09. The van der Waals surface area contributed by atoms with Crippen molar-refractivity contribution in [3.05, 3.63) is 95.6 Å². The molecule has 0 aromatic heterocycles. The summed E-state index contributed by atoms with van der Waals surface area (Å²) in [4.78, 5) is 24.1. The van der Waals surface area contributed by atoms with E-state index in [2.05, 4.69) is 0 Å². The van der Waals surface area contributed by atoms with Gasteiger partial charge in [0.05, 0.1) is 12.2 Å². The van der Waals surface area contributed by atoms with Gasteiger partial charge in [-0.2, -0.15) is 0 Å². The predicted octanol–water partition coefficient (Wildman–Crippen LogP) is 4.77. The summed E-state index contributed by atoms with van der Waals surface area (Å²) in [5, 5.41) is 0. The standard InChI is InChI=1S/C25H24O5/c1-19-7-5-11-23(17-19)29-18-24(26)30-22-14-12-21(13-15-22)25(27)28-16-6-10-20-8-3-2-4-9-20/h2-5,7-9,11-15,17H,6,10,16,18H2,1H3. The molecular weight excluding hydrogens is 380 g/mol. The van der Waals surface area contributed by atoms with Gasteiger partial charge in [0.1, 0.15) is 11.5 Å². The fraction of sp³-hybridized carbons (Fsp3) is 0.200. The van der Waals surface area contributed by atoms with E-state index in [0.29, 0.717) is 23.7 Å². The van der Waals surface area contributed by atoms with Crippen molar-refractivity contribution in [2.24, 2.45) is 0 Å². The number of esters is 2. The summed E-state index contributed by atoms with van der Waals surface area (Å²) < 4.78 is 16.0. The Morgan fingerprint density at radius 3 is 2.33 bits per heavy atom. The van der Waals surface area contributed by atoms with E-state index in [1.807, 2.05) is 55.5 Å². The second-order valence-electron chi connectivity index (χ2n) is 6.83. The van der Waals surface area contributed by atoms with Gasteiger partial charge in [-0.05, 0) is 67.3 Å². The lowest BCUT2D eigenvalue weighted by molar-refractivity contribution is -0.136. The molecule has 0 aliphatic heterocycles. The molecule has 0 N–H and O–H groups in total. The molecule has 5 nitrogen and oxygen atoms in total. The number of ether oxygens (including phenoxy) is 3. The molecule has 0 atom stereocenters. The lowest BCUT2D eigenvalue weighted by Crippen LogP contribution is -2.17. The molecular formula is C25H24O5. The van der Waals surface area contributed by atoms with Gasteiger partial charge in [0.2, 0.25) is 0 Å². The smallest absolute Gasteiger partial charge is 0.349 e. The molecule has 0 saturated carbocycles. The topological polar surface area (TPSA) is 61.8 Å². The van der Waals surface area contributed by atoms with E-state index in [1.54, 1.807) is 30.3 Å². The number of carbonyl (C=O) groups excluding carboxylic acids is 2. The third-order valence-corrected chi connectivity index (χ3v) is 4.35. The maximum absolute atomic E-state index is 12.1. The monoisotopic (exact) mass is 404 g/mol. The first-order valence-electron chi connectivity index (χ1n) is 9.81. The van der Waals surface area contributed by atoms with Crippen LogP contribution in [-0.2, 0) is 16.0 Å². The largest absolute Gasteiger partial charge is 0.482 e. The summed E-state index contributed by atoms with van der Waals surface area (Å²) in [5.41, 5.74) is 2.67. The average Bonchev–Trinajstić information content (AvgIpc) is 2.76. The van der Waals surface area contributed by atoms with Crippen LogP contribution >= 0.6 is 0 Å². The van der Waals surface area contributed by atoms with Gasteiger partial charge in [-0.25, -0.2) is 9.59 Å². The Labute approximate surface area is 176 Å². The van der Waals surface area contributed by atoms with Gasteiger partial charge in [-0.3, -0.25) is 0 Å². The first-order chi connectivity index (χ1) is 14.6. The molecule has 0 heterocycles. The Kier molecular flexibility index (Phi) is 7.61. The number of aryl methyl sites for hydroxylation is 2. The molecule has 154 valence electrons. The average molecular weight is 404 g/mol. The Balaban J connectivity index is 1.40. The van der Waals surface area contributed by atoms with E-state index in [0.717, 1.165) is 18.4 Å². The van der Waals surface area contributed by atoms with E-state index in [1.165, 1.54) is 5.56 Å². The van der Waals surface area contributed by atoms with Crippen LogP contribution in [0.2, 0.25) is 0 Å². The Morgan fingerprint density at radius 2 is 1.60 bits per heavy atom. The number of hydrogen-bond acceptors (Lipinski definition) is 5. The molecule has 0 saturated heterocycles. The molecule has 30 heavy (non-hydrogen) atoms. The first kappa shape index (κ1) is 21.1. The number of rotatable bonds is 9. The van der Waals surface area contributed by atoms with Crippen molar-refractivity contribution in [1.29, 1.82) is 0 Å². The van der Waals surface area contributed by atoms with Gasteiger partial charge in [-0.15, -0.1) is 0 Å². The molecule has 0 radical (unpaired) electrons. The SMILES string of the molecule is Cc1cccc(OCC(=O)Oc2ccc(C(=O)OCCCc3ccccc3)cc2)c1. The van der Waals surface area contributed by atoms with Gasteiger partial charge in [0.25, 0.3) is 0 Å². The van der Waals surface area contributed by atoms with Gasteiger partial charge in [0, 0.05) is 0 Å². The van der Waals surface area contributed by atoms with Crippen molar-refractivity contribution in [3.63, 3.8) is 0 Å². The molecule has 5 heteroatoms. The van der Waals surface area contributed by atoms with Gasteiger partial charge >= 0.3 is 11.9 Å². The summed E-state index contributed by atoms with van der Waals surface area (Å²) in [5.74, 6) is 0.0299. The van der Waals surface area contributed by atoms with E-state index in [9.17, 15) is 9.59 Å². The van der Waals surface area contributed by atoms with Gasteiger partial charge in [0.15, 0.2) is 6.61 Å². The summed E-state index contributed by atoms with van der Waals surface area (Å²) in [6.07, 6.45) is 1.61. The van der Waals surface area contributed by atoms with Crippen LogP contribution in [0.1, 0.15) is 27.9 Å². The summed E-state index contributed by atoms with van der Waals surface area (Å²) >= 11 is 0. The van der Waals surface area contributed by atoms with Crippen molar-refractivity contribution in [2.75, 3.05) is 13.2 Å². The van der Waals surface area contributed by atoms with Crippen LogP contribution < -0.4 is 9.47 Å². The number of carbonyl (C=O) groups is 2. The van der Waals surface area contributed by atoms with E-state index in [-0.39, 0.29) is 6.61 Å². The highest BCUT2D eigenvalue weighted by molar-refractivity contribution is 5.89. The molecule has 0 aliphatic rings.